The smallest absolute Gasteiger partial charge is 0.268 e. The van der Waals surface area contributed by atoms with Gasteiger partial charge in [0.1, 0.15) is 5.57 Å². The molecule has 0 unspecified atom stereocenters. The first-order chi connectivity index (χ1) is 17.0. The number of carbonyl (C=O) groups excluding carboxylic acids is 2. The lowest BCUT2D eigenvalue weighted by Crippen LogP contribution is -2.56. The zero-order valence-corrected chi connectivity index (χ0v) is 21.3. The van der Waals surface area contributed by atoms with Crippen LogP contribution in [0.1, 0.15) is 4.88 Å². The van der Waals surface area contributed by atoms with Crippen molar-refractivity contribution in [2.75, 3.05) is 9.80 Å². The lowest BCUT2D eigenvalue weighted by atomic mass is 10.1. The van der Waals surface area contributed by atoms with Crippen LogP contribution in [0.25, 0.3) is 6.08 Å². The maximum absolute atomic E-state index is 13.6. The highest BCUT2D eigenvalue weighted by Crippen LogP contribution is 2.36. The number of halogens is 1. The quantitative estimate of drug-likeness (QED) is 0.154. The van der Waals surface area contributed by atoms with Gasteiger partial charge in [-0.2, -0.15) is 0 Å². The van der Waals surface area contributed by atoms with Gasteiger partial charge in [-0.15, -0.1) is 11.3 Å². The van der Waals surface area contributed by atoms with Gasteiger partial charge in [-0.1, -0.05) is 59.8 Å². The van der Waals surface area contributed by atoms with Crippen molar-refractivity contribution in [1.82, 2.24) is 0 Å². The van der Waals surface area contributed by atoms with Gasteiger partial charge >= 0.3 is 0 Å². The van der Waals surface area contributed by atoms with Crippen LogP contribution < -0.4 is 9.80 Å². The maximum atomic E-state index is 13.6. The summed E-state index contributed by atoms with van der Waals surface area (Å²) in [5.74, 6) is -0.891. The molecule has 0 bridgehead atoms. The second kappa shape index (κ2) is 10.2. The highest BCUT2D eigenvalue weighted by molar-refractivity contribution is 8.01. The van der Waals surface area contributed by atoms with E-state index in [1.165, 1.54) is 21.1 Å². The second-order valence-corrected chi connectivity index (χ2v) is 10.8. The fraction of sp³-hybridized carbons (Fsp3) is 0. The summed E-state index contributed by atoms with van der Waals surface area (Å²) in [5.41, 5.74) is 1.26. The van der Waals surface area contributed by atoms with Crippen molar-refractivity contribution in [3.63, 3.8) is 0 Å². The highest BCUT2D eigenvalue weighted by atomic mass is 35.5. The monoisotopic (exact) mass is 532 g/mol. The molecule has 0 aliphatic carbocycles. The lowest BCUT2D eigenvalue weighted by molar-refractivity contribution is -0.120. The lowest BCUT2D eigenvalue weighted by Gasteiger charge is -2.36. The molecule has 0 atom stereocenters. The summed E-state index contributed by atoms with van der Waals surface area (Å²) < 4.78 is 1.03. The van der Waals surface area contributed by atoms with E-state index in [0.29, 0.717) is 16.4 Å². The zero-order chi connectivity index (χ0) is 24.4. The molecular formula is C27H17ClN2O2S3. The van der Waals surface area contributed by atoms with Crippen molar-refractivity contribution in [2.45, 2.75) is 9.10 Å². The molecule has 0 saturated carbocycles. The molecule has 1 aromatic heterocycles. The maximum Gasteiger partial charge on any atom is 0.270 e. The molecule has 4 nitrogen and oxygen atoms in total. The number of hydrogen-bond donors (Lipinski definition) is 0. The number of para-hydroxylation sites is 2. The summed E-state index contributed by atoms with van der Waals surface area (Å²) in [4.78, 5) is 31.8. The molecule has 5 rings (SSSR count). The molecular weight excluding hydrogens is 516 g/mol. The largest absolute Gasteiger partial charge is 0.270 e. The van der Waals surface area contributed by atoms with Crippen LogP contribution in [0, 0.1) is 0 Å². The fourth-order valence-electron chi connectivity index (χ4n) is 3.57. The van der Waals surface area contributed by atoms with E-state index in [9.17, 15) is 9.59 Å². The molecule has 3 aromatic carbocycles. The van der Waals surface area contributed by atoms with Crippen LogP contribution in [-0.2, 0) is 9.59 Å². The van der Waals surface area contributed by atoms with Crippen molar-refractivity contribution >= 4 is 81.3 Å². The van der Waals surface area contributed by atoms with Crippen LogP contribution in [0.2, 0.25) is 5.02 Å². The normalized spacial score (nSPS) is 14.0. The first-order valence-corrected chi connectivity index (χ1v) is 13.0. The van der Waals surface area contributed by atoms with E-state index in [4.69, 9.17) is 23.8 Å². The van der Waals surface area contributed by atoms with Crippen LogP contribution in [-0.4, -0.2) is 16.9 Å². The molecule has 1 aliphatic heterocycles. The molecule has 2 amide bonds. The molecule has 35 heavy (non-hydrogen) atoms. The molecule has 0 spiro atoms. The van der Waals surface area contributed by atoms with E-state index in [1.54, 1.807) is 42.1 Å². The third kappa shape index (κ3) is 4.94. The summed E-state index contributed by atoms with van der Waals surface area (Å²) >= 11 is 14.7. The Labute approximate surface area is 221 Å². The Morgan fingerprint density at radius 2 is 1.29 bits per heavy atom. The molecule has 0 N–H and O–H groups in total. The molecule has 0 radical (unpaired) electrons. The Hall–Kier alpha value is -3.23. The Balaban J connectivity index is 1.52. The minimum atomic E-state index is -0.446. The summed E-state index contributed by atoms with van der Waals surface area (Å²) in [6, 6.07) is 29.7. The molecule has 1 saturated heterocycles. The van der Waals surface area contributed by atoms with Gasteiger partial charge < -0.3 is 0 Å². The number of carbonyl (C=O) groups is 2. The summed E-state index contributed by atoms with van der Waals surface area (Å²) in [5, 5.41) is 0.809. The molecule has 1 fully saturated rings. The summed E-state index contributed by atoms with van der Waals surface area (Å²) in [6.45, 7) is 0. The van der Waals surface area contributed by atoms with Crippen molar-refractivity contribution in [3.8, 4) is 0 Å². The molecule has 172 valence electrons. The highest BCUT2D eigenvalue weighted by Gasteiger charge is 2.41. The van der Waals surface area contributed by atoms with Crippen molar-refractivity contribution in [2.24, 2.45) is 0 Å². The number of thiocarbonyl (C=S) groups is 1. The van der Waals surface area contributed by atoms with Gasteiger partial charge in [0.05, 0.1) is 15.6 Å². The Morgan fingerprint density at radius 3 is 1.83 bits per heavy atom. The first-order valence-electron chi connectivity index (χ1n) is 10.6. The predicted molar refractivity (Wildman–Crippen MR) is 148 cm³/mol. The SMILES string of the molecule is O=C1C(=Cc2ccc(Sc3ccc(Cl)cc3)s2)C(=O)N(c2ccccc2)C(=S)N1c1ccccc1. The van der Waals surface area contributed by atoms with Crippen molar-refractivity contribution in [1.29, 1.82) is 0 Å². The number of hydrogen-bond acceptors (Lipinski definition) is 5. The van der Waals surface area contributed by atoms with Gasteiger partial charge in [-0.05, 0) is 79.0 Å². The molecule has 8 heteroatoms. The minimum absolute atomic E-state index is 0.0520. The van der Waals surface area contributed by atoms with Gasteiger partial charge in [0.15, 0.2) is 5.11 Å². The van der Waals surface area contributed by atoms with Gasteiger partial charge in [0.2, 0.25) is 0 Å². The topological polar surface area (TPSA) is 40.6 Å². The van der Waals surface area contributed by atoms with Gasteiger partial charge in [0, 0.05) is 14.8 Å². The molecule has 2 heterocycles. The van der Waals surface area contributed by atoms with E-state index in [1.807, 2.05) is 72.8 Å². The van der Waals surface area contributed by atoms with Gasteiger partial charge in [-0.25, -0.2) is 0 Å². The zero-order valence-electron chi connectivity index (χ0n) is 18.1. The third-order valence-electron chi connectivity index (χ3n) is 5.20. The van der Waals surface area contributed by atoms with Crippen LogP contribution >= 0.6 is 46.9 Å². The number of nitrogens with zero attached hydrogens (tertiary/aromatic N) is 2. The van der Waals surface area contributed by atoms with Crippen molar-refractivity contribution < 1.29 is 9.59 Å². The number of amides is 2. The molecule has 4 aromatic rings. The first kappa shape index (κ1) is 23.5. The third-order valence-corrected chi connectivity index (χ3v) is 7.99. The standard InChI is InChI=1S/C27H17ClN2O2S3/c28-18-11-13-21(14-12-18)34-24-16-15-22(35-24)17-23-25(31)29(19-7-3-1-4-8-19)27(33)30(26(23)32)20-9-5-2-6-10-20/h1-17H. The number of rotatable bonds is 5. The van der Waals surface area contributed by atoms with E-state index in [-0.39, 0.29) is 10.7 Å². The van der Waals surface area contributed by atoms with E-state index >= 15 is 0 Å². The number of anilines is 2. The predicted octanol–water partition coefficient (Wildman–Crippen LogP) is 7.30. The van der Waals surface area contributed by atoms with Crippen molar-refractivity contribution in [3.05, 3.63) is 113 Å². The van der Waals surface area contributed by atoms with Crippen LogP contribution in [0.15, 0.2) is 112 Å². The van der Waals surface area contributed by atoms with Crippen LogP contribution in [0.3, 0.4) is 0 Å². The van der Waals surface area contributed by atoms with Gasteiger partial charge in [-0.3, -0.25) is 19.4 Å². The minimum Gasteiger partial charge on any atom is -0.268 e. The van der Waals surface area contributed by atoms with E-state index in [0.717, 1.165) is 14.0 Å². The van der Waals surface area contributed by atoms with Crippen LogP contribution in [0.4, 0.5) is 11.4 Å². The van der Waals surface area contributed by atoms with E-state index in [2.05, 4.69) is 0 Å². The second-order valence-electron chi connectivity index (χ2n) is 7.51. The summed E-state index contributed by atoms with van der Waals surface area (Å²) in [6.07, 6.45) is 1.65. The fourth-order valence-corrected chi connectivity index (χ4v) is 6.14. The molecule has 1 aliphatic rings. The van der Waals surface area contributed by atoms with Gasteiger partial charge in [0.25, 0.3) is 11.8 Å². The van der Waals surface area contributed by atoms with E-state index < -0.39 is 11.8 Å². The Bertz CT molecular complexity index is 1370. The number of thiophene rings is 1. The van der Waals surface area contributed by atoms with Crippen LogP contribution in [0.5, 0.6) is 0 Å². The summed E-state index contributed by atoms with van der Waals surface area (Å²) in [7, 11) is 0. The Kier molecular flexibility index (Phi) is 6.83. The average molecular weight is 533 g/mol. The average Bonchev–Trinajstić information content (AvgIpc) is 3.31. The number of benzene rings is 3. The Morgan fingerprint density at radius 1 is 0.743 bits per heavy atom.